The molecule has 0 radical (unpaired) electrons. The lowest BCUT2D eigenvalue weighted by atomic mass is 9.80. The lowest BCUT2D eigenvalue weighted by molar-refractivity contribution is -0.401. The molecule has 0 fully saturated rings. The molecule has 0 atom stereocenters. The van der Waals surface area contributed by atoms with Crippen LogP contribution in [0.15, 0.2) is 36.4 Å². The Morgan fingerprint density at radius 2 is 1.73 bits per heavy atom. The van der Waals surface area contributed by atoms with Crippen molar-refractivity contribution >= 4 is 29.1 Å². The number of nitrogens with zero attached hydrogens (tertiary/aromatic N) is 2. The zero-order valence-corrected chi connectivity index (χ0v) is 18.0. The summed E-state index contributed by atoms with van der Waals surface area (Å²) in [5.74, 6) is -0.877. The highest BCUT2D eigenvalue weighted by Gasteiger charge is 2.43. The zero-order chi connectivity index (χ0) is 21.0. The van der Waals surface area contributed by atoms with Crippen molar-refractivity contribution < 1.29 is 14.5 Å². The normalized spacial score (nSPS) is 19.2. The van der Waals surface area contributed by atoms with Crippen LogP contribution < -0.4 is 4.90 Å². The molecular weight excluding hydrogens is 372 g/mol. The third-order valence-electron chi connectivity index (χ3n) is 7.07. The smallest absolute Gasteiger partial charge is 0.335 e. The van der Waals surface area contributed by atoms with Crippen LogP contribution in [0, 0.1) is 0 Å². The molecular formula is C26H29N2O2+. The summed E-state index contributed by atoms with van der Waals surface area (Å²) < 4.78 is 2.20. The van der Waals surface area contributed by atoms with E-state index in [1.807, 2.05) is 12.1 Å². The van der Waals surface area contributed by atoms with E-state index in [1.54, 1.807) is 6.07 Å². The monoisotopic (exact) mass is 401 g/mol. The van der Waals surface area contributed by atoms with Crippen LogP contribution in [-0.4, -0.2) is 41.5 Å². The zero-order valence-electron chi connectivity index (χ0n) is 18.0. The molecule has 0 bridgehead atoms. The Labute approximate surface area is 178 Å². The average molecular weight is 402 g/mol. The molecule has 0 saturated heterocycles. The maximum atomic E-state index is 11.5. The van der Waals surface area contributed by atoms with E-state index >= 15 is 0 Å². The van der Waals surface area contributed by atoms with Gasteiger partial charge in [0.1, 0.15) is 7.05 Å². The van der Waals surface area contributed by atoms with Crippen LogP contribution in [0.2, 0.25) is 0 Å². The number of benzene rings is 2. The molecule has 0 aromatic heterocycles. The number of fused-ring (bicyclic) bond motifs is 1. The first kappa shape index (κ1) is 19.1. The van der Waals surface area contributed by atoms with Gasteiger partial charge in [0.05, 0.1) is 11.0 Å². The molecule has 3 heterocycles. The fourth-order valence-corrected chi connectivity index (χ4v) is 5.57. The van der Waals surface area contributed by atoms with E-state index in [0.29, 0.717) is 5.56 Å². The quantitative estimate of drug-likeness (QED) is 0.751. The summed E-state index contributed by atoms with van der Waals surface area (Å²) in [7, 11) is 2.07. The predicted molar refractivity (Wildman–Crippen MR) is 122 cm³/mol. The van der Waals surface area contributed by atoms with E-state index in [9.17, 15) is 9.90 Å². The summed E-state index contributed by atoms with van der Waals surface area (Å²) in [6.45, 7) is 6.75. The van der Waals surface area contributed by atoms with Gasteiger partial charge in [0.2, 0.25) is 5.69 Å². The van der Waals surface area contributed by atoms with E-state index < -0.39 is 5.97 Å². The first-order valence-electron chi connectivity index (χ1n) is 10.9. The van der Waals surface area contributed by atoms with Crippen LogP contribution in [0.25, 0.3) is 6.08 Å². The molecule has 154 valence electrons. The molecule has 2 aromatic carbocycles. The summed E-state index contributed by atoms with van der Waals surface area (Å²) in [5, 5.41) is 9.40. The molecule has 0 unspecified atom stereocenters. The van der Waals surface area contributed by atoms with Crippen molar-refractivity contribution in [3.05, 3.63) is 64.2 Å². The van der Waals surface area contributed by atoms with E-state index in [-0.39, 0.29) is 5.41 Å². The standard InChI is InChI=1S/C26H28N2O2/c1-26(2)21-16-20(25(29)30)9-10-22(21)27(3)23(26)11-8-17-14-18-6-4-12-28-13-5-7-19(15-17)24(18)28/h8-11,14-16H,4-7,12-13H2,1-3H3/p+1. The lowest BCUT2D eigenvalue weighted by Gasteiger charge is -2.37. The Hall–Kier alpha value is -2.88. The Bertz CT molecular complexity index is 1090. The van der Waals surface area contributed by atoms with Crippen molar-refractivity contribution in [1.29, 1.82) is 0 Å². The average Bonchev–Trinajstić information content (AvgIpc) is 2.92. The highest BCUT2D eigenvalue weighted by Crippen LogP contribution is 2.40. The van der Waals surface area contributed by atoms with Crippen LogP contribution in [-0.2, 0) is 18.3 Å². The van der Waals surface area contributed by atoms with Crippen molar-refractivity contribution in [2.45, 2.75) is 44.9 Å². The largest absolute Gasteiger partial charge is 0.478 e. The number of hydrogen-bond acceptors (Lipinski definition) is 2. The molecule has 3 aliphatic rings. The van der Waals surface area contributed by atoms with Gasteiger partial charge in [-0.05, 0) is 86.6 Å². The van der Waals surface area contributed by atoms with Crippen molar-refractivity contribution in [1.82, 2.24) is 0 Å². The molecule has 3 aliphatic heterocycles. The Kier molecular flexibility index (Phi) is 4.35. The summed E-state index contributed by atoms with van der Waals surface area (Å²) in [4.78, 5) is 14.0. The van der Waals surface area contributed by atoms with E-state index in [1.165, 1.54) is 66.9 Å². The summed E-state index contributed by atoms with van der Waals surface area (Å²) >= 11 is 0. The van der Waals surface area contributed by atoms with Crippen molar-refractivity contribution in [2.24, 2.45) is 0 Å². The number of allylic oxidation sites excluding steroid dienone is 1. The molecule has 1 N–H and O–H groups in total. The number of carbonyl (C=O) groups is 1. The van der Waals surface area contributed by atoms with Gasteiger partial charge in [-0.2, -0.15) is 4.58 Å². The van der Waals surface area contributed by atoms with Gasteiger partial charge in [-0.1, -0.05) is 0 Å². The first-order valence-corrected chi connectivity index (χ1v) is 10.9. The second kappa shape index (κ2) is 6.83. The summed E-state index contributed by atoms with van der Waals surface area (Å²) in [6, 6.07) is 10.2. The lowest BCUT2D eigenvalue weighted by Crippen LogP contribution is -2.34. The topological polar surface area (TPSA) is 43.5 Å². The second-order valence-corrected chi connectivity index (χ2v) is 9.32. The van der Waals surface area contributed by atoms with Crippen LogP contribution >= 0.6 is 0 Å². The minimum absolute atomic E-state index is 0.245. The fraction of sp³-hybridized carbons (Fsp3) is 0.385. The van der Waals surface area contributed by atoms with Gasteiger partial charge in [-0.15, -0.1) is 0 Å². The Morgan fingerprint density at radius 3 is 2.37 bits per heavy atom. The minimum atomic E-state index is -0.877. The van der Waals surface area contributed by atoms with Gasteiger partial charge < -0.3 is 10.0 Å². The van der Waals surface area contributed by atoms with Crippen molar-refractivity contribution in [3.63, 3.8) is 0 Å². The van der Waals surface area contributed by atoms with E-state index in [2.05, 4.69) is 54.7 Å². The van der Waals surface area contributed by atoms with Gasteiger partial charge >= 0.3 is 5.97 Å². The SMILES string of the molecule is C[N+]1=C(/C=C/c2cc3c4c(c2)CCCN4CCC3)C(C)(C)c2cc(C(=O)O)ccc21. The van der Waals surface area contributed by atoms with Gasteiger partial charge in [0.15, 0.2) is 5.71 Å². The van der Waals surface area contributed by atoms with Crippen LogP contribution in [0.5, 0.6) is 0 Å². The fourth-order valence-electron chi connectivity index (χ4n) is 5.57. The first-order chi connectivity index (χ1) is 14.4. The molecule has 0 spiro atoms. The molecule has 5 rings (SSSR count). The van der Waals surface area contributed by atoms with Crippen LogP contribution in [0.1, 0.15) is 59.3 Å². The highest BCUT2D eigenvalue weighted by atomic mass is 16.4. The molecule has 0 aliphatic carbocycles. The summed E-state index contributed by atoms with van der Waals surface area (Å²) in [6.07, 6.45) is 9.29. The number of rotatable bonds is 3. The summed E-state index contributed by atoms with van der Waals surface area (Å²) in [5.41, 5.74) is 9.21. The maximum absolute atomic E-state index is 11.5. The third kappa shape index (κ3) is 2.89. The van der Waals surface area contributed by atoms with Crippen molar-refractivity contribution in [3.8, 4) is 0 Å². The third-order valence-corrected chi connectivity index (χ3v) is 7.07. The molecule has 0 saturated carbocycles. The van der Waals surface area contributed by atoms with Crippen LogP contribution in [0.4, 0.5) is 11.4 Å². The molecule has 0 amide bonds. The van der Waals surface area contributed by atoms with Gasteiger partial charge in [0.25, 0.3) is 0 Å². The number of hydrogen-bond donors (Lipinski definition) is 1. The molecule has 30 heavy (non-hydrogen) atoms. The maximum Gasteiger partial charge on any atom is 0.335 e. The number of carboxylic acids is 1. The molecule has 4 nitrogen and oxygen atoms in total. The highest BCUT2D eigenvalue weighted by molar-refractivity contribution is 6.06. The number of aryl methyl sites for hydroxylation is 2. The van der Waals surface area contributed by atoms with Crippen molar-refractivity contribution in [2.75, 3.05) is 25.0 Å². The Balaban J connectivity index is 1.52. The molecule has 2 aromatic rings. The predicted octanol–water partition coefficient (Wildman–Crippen LogP) is 4.80. The Morgan fingerprint density at radius 1 is 1.07 bits per heavy atom. The second-order valence-electron chi connectivity index (χ2n) is 9.32. The number of carboxylic acid groups (broad SMARTS) is 1. The molecule has 4 heteroatoms. The van der Waals surface area contributed by atoms with Gasteiger partial charge in [-0.25, -0.2) is 4.79 Å². The van der Waals surface area contributed by atoms with Gasteiger partial charge in [-0.3, -0.25) is 0 Å². The number of aromatic carboxylic acids is 1. The van der Waals surface area contributed by atoms with Gasteiger partial charge in [0, 0.05) is 36.5 Å². The van der Waals surface area contributed by atoms with E-state index in [0.717, 1.165) is 11.3 Å². The number of anilines is 1. The van der Waals surface area contributed by atoms with Crippen LogP contribution in [0.3, 0.4) is 0 Å². The minimum Gasteiger partial charge on any atom is -0.478 e. The van der Waals surface area contributed by atoms with E-state index in [4.69, 9.17) is 0 Å².